The van der Waals surface area contributed by atoms with Crippen LogP contribution in [-0.4, -0.2) is 36.0 Å². The Morgan fingerprint density at radius 3 is 2.41 bits per heavy atom. The minimum Gasteiger partial charge on any atom is -0.487 e. The third kappa shape index (κ3) is 17.6. The van der Waals surface area contributed by atoms with E-state index >= 15 is 0 Å². The van der Waals surface area contributed by atoms with E-state index in [4.69, 9.17) is 9.47 Å². The van der Waals surface area contributed by atoms with Crippen molar-refractivity contribution >= 4 is 12.4 Å². The average Bonchev–Trinajstić information content (AvgIpc) is 3.54. The van der Waals surface area contributed by atoms with E-state index in [9.17, 15) is 28.5 Å². The van der Waals surface area contributed by atoms with Gasteiger partial charge >= 0.3 is 5.97 Å². The molecule has 1 N–H and O–H groups in total. The number of para-hydroxylation sites is 2. The molecule has 242 valence electrons. The number of carbonyl (C=O) groups excluding carboxylic acids is 2. The maximum absolute atomic E-state index is 13.6. The number of esters is 1. The van der Waals surface area contributed by atoms with Crippen molar-refractivity contribution in [2.75, 3.05) is 6.61 Å². The zero-order chi connectivity index (χ0) is 32.6. The molecule has 0 aliphatic heterocycles. The van der Waals surface area contributed by atoms with Gasteiger partial charge < -0.3 is 19.6 Å². The van der Waals surface area contributed by atoms with E-state index in [1.807, 2.05) is 6.07 Å². The molecule has 3 rings (SSSR count). The molecule has 9 nitrogen and oxygen atoms in total. The molecule has 1 unspecified atom stereocenters. The Balaban J connectivity index is 0.000000364. The van der Waals surface area contributed by atoms with Crippen molar-refractivity contribution in [2.45, 2.75) is 84.3 Å². The second-order valence-corrected chi connectivity index (χ2v) is 10.0. The molecule has 1 fully saturated rings. The minimum absolute atomic E-state index is 0.147. The minimum atomic E-state index is -2.89. The van der Waals surface area contributed by atoms with Crippen LogP contribution in [0.25, 0.3) is 0 Å². The molecule has 0 bridgehead atoms. The number of carbonyl (C=O) groups is 2. The highest BCUT2D eigenvalue weighted by Crippen LogP contribution is 2.28. The second-order valence-electron chi connectivity index (χ2n) is 10.0. The zero-order valence-electron chi connectivity index (χ0n) is 25.7. The zero-order valence-corrected chi connectivity index (χ0v) is 25.7. The van der Waals surface area contributed by atoms with Crippen LogP contribution in [-0.2, 0) is 21.0 Å². The van der Waals surface area contributed by atoms with Crippen LogP contribution in [0.5, 0.6) is 11.5 Å². The van der Waals surface area contributed by atoms with Crippen molar-refractivity contribution in [3.63, 3.8) is 0 Å². The quantitative estimate of drug-likeness (QED) is 0.0415. The Labute approximate surface area is 258 Å². The fraction of sp³-hybridized carbons (Fsp3) is 0.455. The van der Waals surface area contributed by atoms with Crippen molar-refractivity contribution in [3.8, 4) is 11.5 Å². The van der Waals surface area contributed by atoms with Gasteiger partial charge in [-0.1, -0.05) is 87.2 Å². The van der Waals surface area contributed by atoms with Gasteiger partial charge in [-0.15, -0.1) is 10.1 Å². The molecule has 2 aromatic rings. The predicted octanol–water partition coefficient (Wildman–Crippen LogP) is 7.63. The molecule has 11 heteroatoms. The number of nitrogens with zero attached hydrogens (tertiary/aromatic N) is 1. The summed E-state index contributed by atoms with van der Waals surface area (Å²) in [5.41, 5.74) is 0.353. The molecule has 1 aliphatic rings. The van der Waals surface area contributed by atoms with Crippen LogP contribution in [0, 0.1) is 16.0 Å². The summed E-state index contributed by atoms with van der Waals surface area (Å²) >= 11 is 0. The first-order valence-corrected chi connectivity index (χ1v) is 14.7. The van der Waals surface area contributed by atoms with Gasteiger partial charge in [0.2, 0.25) is 6.41 Å². The van der Waals surface area contributed by atoms with Crippen LogP contribution in [0.2, 0.25) is 0 Å². The maximum Gasteiger partial charge on any atom is 0.333 e. The molecular weight excluding hydrogens is 574 g/mol. The number of rotatable bonds is 15. The predicted molar refractivity (Wildman–Crippen MR) is 165 cm³/mol. The standard InChI is InChI=1S/C15H18F2O.C11H12N2O6.C7H14/c16-15(17,11-10-13-6-4-5-7-13)12-18-14-8-2-1-3-9-14;1-8(12-7-14)11(15)19-10-5-3-2-4-9(10)6-18-13(16)17;1-3-5-7-6-4-2/h1-3,8-11,13H,4-7,12H2;2-5,7-8H,6H2,1H3,(H,12,14);3,5H,4,6-7H2,1-2H3/b11-10+;;5-3-. The molecule has 44 heavy (non-hydrogen) atoms. The van der Waals surface area contributed by atoms with Crippen LogP contribution < -0.4 is 14.8 Å². The molecule has 0 radical (unpaired) electrons. The molecular formula is C33H44F2N2O7. The van der Waals surface area contributed by atoms with Crippen LogP contribution in [0.1, 0.15) is 71.3 Å². The summed E-state index contributed by atoms with van der Waals surface area (Å²) in [5, 5.41) is 11.4. The third-order valence-electron chi connectivity index (χ3n) is 6.33. The van der Waals surface area contributed by atoms with E-state index in [0.717, 1.165) is 31.8 Å². The maximum atomic E-state index is 13.6. The normalized spacial score (nSPS) is 13.7. The summed E-state index contributed by atoms with van der Waals surface area (Å²) in [5.74, 6) is -2.62. The van der Waals surface area contributed by atoms with Gasteiger partial charge in [0.05, 0.1) is 0 Å². The average molecular weight is 619 g/mol. The Hall–Kier alpha value is -4.28. The number of hydrogen-bond acceptors (Lipinski definition) is 7. The van der Waals surface area contributed by atoms with Crippen LogP contribution in [0.3, 0.4) is 0 Å². The monoisotopic (exact) mass is 618 g/mol. The number of hydrogen-bond donors (Lipinski definition) is 1. The van der Waals surface area contributed by atoms with Gasteiger partial charge in [-0.3, -0.25) is 4.79 Å². The first-order valence-electron chi connectivity index (χ1n) is 14.7. The molecule has 0 heterocycles. The Morgan fingerprint density at radius 2 is 1.80 bits per heavy atom. The first-order chi connectivity index (χ1) is 21.1. The number of alkyl halides is 2. The number of benzene rings is 2. The fourth-order valence-corrected chi connectivity index (χ4v) is 3.87. The van der Waals surface area contributed by atoms with Crippen molar-refractivity contribution in [2.24, 2.45) is 5.92 Å². The number of nitrogens with one attached hydrogen (secondary N) is 1. The van der Waals surface area contributed by atoms with Crippen LogP contribution >= 0.6 is 0 Å². The first kappa shape index (κ1) is 37.7. The summed E-state index contributed by atoms with van der Waals surface area (Å²) in [6, 6.07) is 14.1. The van der Waals surface area contributed by atoms with Gasteiger partial charge in [0.15, 0.2) is 6.61 Å². The molecule has 0 aromatic heterocycles. The number of unbranched alkanes of at least 4 members (excludes halogenated alkanes) is 2. The van der Waals surface area contributed by atoms with Crippen LogP contribution in [0.15, 0.2) is 78.9 Å². The summed E-state index contributed by atoms with van der Waals surface area (Å²) < 4.78 is 37.2. The molecule has 2 aromatic carbocycles. The Bertz CT molecular complexity index is 1150. The van der Waals surface area contributed by atoms with E-state index < -0.39 is 29.6 Å². The van der Waals surface area contributed by atoms with Crippen molar-refractivity contribution < 1.29 is 37.8 Å². The highest BCUT2D eigenvalue weighted by atomic mass is 19.3. The number of allylic oxidation sites excluding steroid dienone is 3. The topological polar surface area (TPSA) is 117 Å². The van der Waals surface area contributed by atoms with E-state index in [0.29, 0.717) is 23.6 Å². The summed E-state index contributed by atoms with van der Waals surface area (Å²) in [7, 11) is 0. The Morgan fingerprint density at radius 1 is 1.14 bits per heavy atom. The van der Waals surface area contributed by atoms with Crippen molar-refractivity contribution in [1.29, 1.82) is 0 Å². The Kier molecular flexibility index (Phi) is 19.1. The molecule has 1 amide bonds. The van der Waals surface area contributed by atoms with E-state index in [1.54, 1.807) is 42.5 Å². The number of amides is 1. The van der Waals surface area contributed by atoms with Gasteiger partial charge in [-0.2, -0.15) is 8.78 Å². The van der Waals surface area contributed by atoms with Crippen molar-refractivity contribution in [1.82, 2.24) is 5.32 Å². The van der Waals surface area contributed by atoms with Crippen LogP contribution in [0.4, 0.5) is 8.78 Å². The largest absolute Gasteiger partial charge is 0.487 e. The lowest BCUT2D eigenvalue weighted by molar-refractivity contribution is -0.763. The van der Waals surface area contributed by atoms with E-state index in [-0.39, 0.29) is 12.4 Å². The lowest BCUT2D eigenvalue weighted by atomic mass is 10.1. The molecule has 0 spiro atoms. The molecule has 1 aliphatic carbocycles. The van der Waals surface area contributed by atoms with Gasteiger partial charge in [0.25, 0.3) is 11.0 Å². The summed E-state index contributed by atoms with van der Waals surface area (Å²) in [4.78, 5) is 36.1. The van der Waals surface area contributed by atoms with Gasteiger partial charge in [0, 0.05) is 5.56 Å². The van der Waals surface area contributed by atoms with E-state index in [2.05, 4.69) is 36.2 Å². The van der Waals surface area contributed by atoms with E-state index in [1.165, 1.54) is 38.3 Å². The third-order valence-corrected chi connectivity index (χ3v) is 6.33. The second kappa shape index (κ2) is 22.3. The SMILES string of the molecule is C/C=C\CCCC.CC(NC=O)C(=O)Oc1ccccc1CO[N+](=O)[O-].FC(F)(/C=C/C1CCCC1)COc1ccccc1. The highest BCUT2D eigenvalue weighted by Gasteiger charge is 2.27. The number of ether oxygens (including phenoxy) is 2. The summed E-state index contributed by atoms with van der Waals surface area (Å²) in [6.07, 6.45) is 15.6. The lowest BCUT2D eigenvalue weighted by Crippen LogP contribution is -2.36. The van der Waals surface area contributed by atoms with Gasteiger partial charge in [0.1, 0.15) is 24.1 Å². The fourth-order valence-electron chi connectivity index (χ4n) is 3.87. The highest BCUT2D eigenvalue weighted by molar-refractivity contribution is 5.80. The van der Waals surface area contributed by atoms with Gasteiger partial charge in [-0.05, 0) is 63.3 Å². The number of halogens is 2. The molecule has 1 saturated carbocycles. The summed E-state index contributed by atoms with van der Waals surface area (Å²) in [6.45, 7) is 4.80. The van der Waals surface area contributed by atoms with Gasteiger partial charge in [-0.25, -0.2) is 4.79 Å². The van der Waals surface area contributed by atoms with Crippen molar-refractivity contribution in [3.05, 3.63) is 94.6 Å². The molecule has 1 atom stereocenters. The molecule has 0 saturated heterocycles. The lowest BCUT2D eigenvalue weighted by Gasteiger charge is -2.14. The smallest absolute Gasteiger partial charge is 0.333 e.